The SMILES string of the molecule is CCNC(=O)C(C)c1cccc(CC2(N)CC2)c1. The molecule has 1 amide bonds. The number of hydrogen-bond donors (Lipinski definition) is 2. The largest absolute Gasteiger partial charge is 0.356 e. The van der Waals surface area contributed by atoms with Gasteiger partial charge in [-0.05, 0) is 44.2 Å². The lowest BCUT2D eigenvalue weighted by atomic mass is 9.95. The van der Waals surface area contributed by atoms with Crippen LogP contribution in [0.2, 0.25) is 0 Å². The molecule has 0 saturated heterocycles. The summed E-state index contributed by atoms with van der Waals surface area (Å²) in [6.07, 6.45) is 3.15. The molecule has 2 rings (SSSR count). The molecule has 98 valence electrons. The molecule has 1 aliphatic carbocycles. The van der Waals surface area contributed by atoms with Crippen molar-refractivity contribution in [2.24, 2.45) is 5.73 Å². The minimum Gasteiger partial charge on any atom is -0.356 e. The molecule has 1 saturated carbocycles. The Morgan fingerprint density at radius 3 is 2.83 bits per heavy atom. The summed E-state index contributed by atoms with van der Waals surface area (Å²) in [5.41, 5.74) is 8.47. The van der Waals surface area contributed by atoms with Gasteiger partial charge in [-0.1, -0.05) is 24.3 Å². The first-order chi connectivity index (χ1) is 8.54. The van der Waals surface area contributed by atoms with E-state index in [1.54, 1.807) is 0 Å². The molecule has 1 fully saturated rings. The fourth-order valence-corrected chi connectivity index (χ4v) is 2.19. The maximum absolute atomic E-state index is 11.8. The van der Waals surface area contributed by atoms with E-state index in [1.165, 1.54) is 5.56 Å². The van der Waals surface area contributed by atoms with E-state index in [-0.39, 0.29) is 17.4 Å². The van der Waals surface area contributed by atoms with Crippen molar-refractivity contribution >= 4 is 5.91 Å². The summed E-state index contributed by atoms with van der Waals surface area (Å²) >= 11 is 0. The summed E-state index contributed by atoms with van der Waals surface area (Å²) in [5.74, 6) is -0.0126. The van der Waals surface area contributed by atoms with E-state index in [0.29, 0.717) is 6.54 Å². The van der Waals surface area contributed by atoms with Crippen molar-refractivity contribution in [3.05, 3.63) is 35.4 Å². The second-order valence-corrected chi connectivity index (χ2v) is 5.40. The maximum Gasteiger partial charge on any atom is 0.227 e. The molecule has 1 aromatic carbocycles. The van der Waals surface area contributed by atoms with Crippen LogP contribution in [0.5, 0.6) is 0 Å². The van der Waals surface area contributed by atoms with Crippen LogP contribution in [0.15, 0.2) is 24.3 Å². The van der Waals surface area contributed by atoms with E-state index in [4.69, 9.17) is 5.73 Å². The number of rotatable bonds is 5. The van der Waals surface area contributed by atoms with Crippen LogP contribution in [-0.2, 0) is 11.2 Å². The molecular weight excluding hydrogens is 224 g/mol. The second kappa shape index (κ2) is 5.11. The molecule has 0 aromatic heterocycles. The Labute approximate surface area is 109 Å². The van der Waals surface area contributed by atoms with Gasteiger partial charge in [0.15, 0.2) is 0 Å². The van der Waals surface area contributed by atoms with Crippen molar-refractivity contribution in [3.63, 3.8) is 0 Å². The number of benzene rings is 1. The van der Waals surface area contributed by atoms with E-state index in [0.717, 1.165) is 24.8 Å². The Bertz CT molecular complexity index is 438. The fourth-order valence-electron chi connectivity index (χ4n) is 2.19. The van der Waals surface area contributed by atoms with Crippen LogP contribution in [0.1, 0.15) is 43.7 Å². The Balaban J connectivity index is 2.08. The lowest BCUT2D eigenvalue weighted by Crippen LogP contribution is -2.28. The third kappa shape index (κ3) is 3.10. The van der Waals surface area contributed by atoms with Gasteiger partial charge in [-0.15, -0.1) is 0 Å². The zero-order chi connectivity index (χ0) is 13.2. The molecule has 0 bridgehead atoms. The second-order valence-electron chi connectivity index (χ2n) is 5.40. The van der Waals surface area contributed by atoms with Crippen molar-refractivity contribution in [3.8, 4) is 0 Å². The number of nitrogens with one attached hydrogen (secondary N) is 1. The van der Waals surface area contributed by atoms with Gasteiger partial charge in [0.05, 0.1) is 5.92 Å². The first-order valence-corrected chi connectivity index (χ1v) is 6.69. The van der Waals surface area contributed by atoms with Crippen molar-refractivity contribution < 1.29 is 4.79 Å². The monoisotopic (exact) mass is 246 g/mol. The molecule has 0 heterocycles. The number of likely N-dealkylation sites (N-methyl/N-ethyl adjacent to an activating group) is 1. The van der Waals surface area contributed by atoms with Crippen LogP contribution in [0.4, 0.5) is 0 Å². The summed E-state index contributed by atoms with van der Waals surface area (Å²) in [4.78, 5) is 11.8. The molecule has 0 spiro atoms. The molecule has 1 unspecified atom stereocenters. The highest BCUT2D eigenvalue weighted by molar-refractivity contribution is 5.83. The number of carbonyl (C=O) groups is 1. The lowest BCUT2D eigenvalue weighted by Gasteiger charge is -2.14. The third-order valence-electron chi connectivity index (χ3n) is 3.64. The van der Waals surface area contributed by atoms with Crippen molar-refractivity contribution in [2.75, 3.05) is 6.54 Å². The highest BCUT2D eigenvalue weighted by Gasteiger charge is 2.37. The number of amides is 1. The van der Waals surface area contributed by atoms with Gasteiger partial charge in [-0.2, -0.15) is 0 Å². The lowest BCUT2D eigenvalue weighted by molar-refractivity contribution is -0.122. The summed E-state index contributed by atoms with van der Waals surface area (Å²) in [6, 6.07) is 8.25. The Kier molecular flexibility index (Phi) is 3.71. The van der Waals surface area contributed by atoms with Crippen molar-refractivity contribution in [1.29, 1.82) is 0 Å². The summed E-state index contributed by atoms with van der Waals surface area (Å²) in [7, 11) is 0. The van der Waals surface area contributed by atoms with Gasteiger partial charge in [0.2, 0.25) is 5.91 Å². The van der Waals surface area contributed by atoms with Gasteiger partial charge in [-0.3, -0.25) is 4.79 Å². The van der Waals surface area contributed by atoms with Crippen LogP contribution in [-0.4, -0.2) is 18.0 Å². The highest BCUT2D eigenvalue weighted by Crippen LogP contribution is 2.35. The van der Waals surface area contributed by atoms with Crippen LogP contribution < -0.4 is 11.1 Å². The smallest absolute Gasteiger partial charge is 0.227 e. The molecule has 0 radical (unpaired) electrons. The highest BCUT2D eigenvalue weighted by atomic mass is 16.1. The van der Waals surface area contributed by atoms with E-state index < -0.39 is 0 Å². The van der Waals surface area contributed by atoms with E-state index in [2.05, 4.69) is 17.4 Å². The van der Waals surface area contributed by atoms with Crippen LogP contribution in [0, 0.1) is 0 Å². The molecule has 3 nitrogen and oxygen atoms in total. The normalized spacial score (nSPS) is 18.2. The first-order valence-electron chi connectivity index (χ1n) is 6.69. The number of hydrogen-bond acceptors (Lipinski definition) is 2. The maximum atomic E-state index is 11.8. The Morgan fingerprint density at radius 1 is 1.50 bits per heavy atom. The Hall–Kier alpha value is -1.35. The topological polar surface area (TPSA) is 55.1 Å². The van der Waals surface area contributed by atoms with Gasteiger partial charge < -0.3 is 11.1 Å². The molecule has 1 aliphatic rings. The Morgan fingerprint density at radius 2 is 2.22 bits per heavy atom. The predicted molar refractivity (Wildman–Crippen MR) is 73.4 cm³/mol. The third-order valence-corrected chi connectivity index (χ3v) is 3.64. The average molecular weight is 246 g/mol. The van der Waals surface area contributed by atoms with Crippen LogP contribution in [0.25, 0.3) is 0 Å². The van der Waals surface area contributed by atoms with Crippen LogP contribution >= 0.6 is 0 Å². The summed E-state index contributed by atoms with van der Waals surface area (Å²) in [5, 5.41) is 2.86. The van der Waals surface area contributed by atoms with Gasteiger partial charge in [-0.25, -0.2) is 0 Å². The molecular formula is C15H22N2O. The molecule has 3 heteroatoms. The molecule has 1 aromatic rings. The molecule has 0 aliphatic heterocycles. The van der Waals surface area contributed by atoms with Crippen molar-refractivity contribution in [2.45, 2.75) is 44.6 Å². The van der Waals surface area contributed by atoms with E-state index in [1.807, 2.05) is 26.0 Å². The average Bonchev–Trinajstić information content (AvgIpc) is 3.06. The quantitative estimate of drug-likeness (QED) is 0.834. The number of nitrogens with two attached hydrogens (primary N) is 1. The standard InChI is InChI=1S/C15H22N2O/c1-3-17-14(18)11(2)13-6-4-5-12(9-13)10-15(16)7-8-15/h4-6,9,11H,3,7-8,10,16H2,1-2H3,(H,17,18). The van der Waals surface area contributed by atoms with Gasteiger partial charge in [0.1, 0.15) is 0 Å². The van der Waals surface area contributed by atoms with E-state index in [9.17, 15) is 4.79 Å². The minimum absolute atomic E-state index is 0.0214. The minimum atomic E-state index is -0.0992. The van der Waals surface area contributed by atoms with E-state index >= 15 is 0 Å². The predicted octanol–water partition coefficient (Wildman–Crippen LogP) is 1.96. The fraction of sp³-hybridized carbons (Fsp3) is 0.533. The van der Waals surface area contributed by atoms with Crippen LogP contribution in [0.3, 0.4) is 0 Å². The summed E-state index contributed by atoms with van der Waals surface area (Å²) in [6.45, 7) is 4.56. The zero-order valence-corrected chi connectivity index (χ0v) is 11.2. The molecule has 3 N–H and O–H groups in total. The first kappa shape index (κ1) is 13.1. The van der Waals surface area contributed by atoms with Gasteiger partial charge in [0.25, 0.3) is 0 Å². The van der Waals surface area contributed by atoms with Gasteiger partial charge >= 0.3 is 0 Å². The zero-order valence-electron chi connectivity index (χ0n) is 11.2. The molecule has 18 heavy (non-hydrogen) atoms. The molecule has 1 atom stereocenters. The van der Waals surface area contributed by atoms with Gasteiger partial charge in [0, 0.05) is 12.1 Å². The van der Waals surface area contributed by atoms with Crippen molar-refractivity contribution in [1.82, 2.24) is 5.32 Å². The number of carbonyl (C=O) groups excluding carboxylic acids is 1. The summed E-state index contributed by atoms with van der Waals surface area (Å²) < 4.78 is 0.